The predicted octanol–water partition coefficient (Wildman–Crippen LogP) is 5.46. The molecule has 0 aliphatic heterocycles. The average Bonchev–Trinajstić information content (AvgIpc) is 3.28. The highest BCUT2D eigenvalue weighted by Crippen LogP contribution is 2.30. The molecule has 0 bridgehead atoms. The molecule has 0 amide bonds. The number of fused-ring (bicyclic) bond motifs is 1. The molecule has 2 aromatic heterocycles. The quantitative estimate of drug-likeness (QED) is 0.374. The van der Waals surface area contributed by atoms with E-state index in [0.29, 0.717) is 10.9 Å². The Morgan fingerprint density at radius 3 is 2.59 bits per heavy atom. The molecule has 2 heterocycles. The third-order valence-corrected chi connectivity index (χ3v) is 5.70. The van der Waals surface area contributed by atoms with E-state index in [1.54, 1.807) is 29.0 Å². The molecule has 0 fully saturated rings. The number of para-hydroxylation sites is 2. The van der Waals surface area contributed by atoms with Crippen LogP contribution in [-0.4, -0.2) is 19.7 Å². The number of benzene rings is 3. The molecule has 1 N–H and O–H groups in total. The van der Waals surface area contributed by atoms with Gasteiger partial charge in [-0.2, -0.15) is 10.4 Å². The molecule has 5 rings (SSSR count). The van der Waals surface area contributed by atoms with Crippen LogP contribution in [0.15, 0.2) is 83.8 Å². The molecule has 0 atom stereocenters. The van der Waals surface area contributed by atoms with Gasteiger partial charge in [-0.1, -0.05) is 48.0 Å². The van der Waals surface area contributed by atoms with Crippen LogP contribution in [0.4, 0.5) is 0 Å². The zero-order chi connectivity index (χ0) is 23.7. The van der Waals surface area contributed by atoms with Crippen LogP contribution in [0.5, 0.6) is 0 Å². The van der Waals surface area contributed by atoms with Gasteiger partial charge >= 0.3 is 0 Å². The molecule has 164 valence electrons. The number of allylic oxidation sites excluding steroid dienone is 1. The number of hydrogen-bond acceptors (Lipinski definition) is 4. The molecular weight excluding hydrogens is 422 g/mol. The number of rotatable bonds is 4. The van der Waals surface area contributed by atoms with E-state index in [1.165, 1.54) is 0 Å². The summed E-state index contributed by atoms with van der Waals surface area (Å²) in [4.78, 5) is 19.9. The first-order chi connectivity index (χ1) is 16.5. The summed E-state index contributed by atoms with van der Waals surface area (Å²) in [6.07, 6.45) is 3.62. The van der Waals surface area contributed by atoms with Gasteiger partial charge in [0.2, 0.25) is 0 Å². The second-order valence-corrected chi connectivity index (χ2v) is 8.13. The fraction of sp³-hybridized carbons (Fsp3) is 0.0714. The van der Waals surface area contributed by atoms with Crippen LogP contribution in [0.25, 0.3) is 39.5 Å². The van der Waals surface area contributed by atoms with Crippen molar-refractivity contribution in [3.63, 3.8) is 0 Å². The maximum atomic E-state index is 12.6. The first-order valence-corrected chi connectivity index (χ1v) is 10.9. The molecule has 5 aromatic rings. The minimum Gasteiger partial charge on any atom is -0.305 e. The van der Waals surface area contributed by atoms with Crippen molar-refractivity contribution in [1.82, 2.24) is 19.7 Å². The number of nitriles is 1. The monoisotopic (exact) mass is 443 g/mol. The Balaban J connectivity index is 1.72. The molecule has 0 aliphatic rings. The fourth-order valence-corrected chi connectivity index (χ4v) is 3.93. The molecule has 0 saturated heterocycles. The Morgan fingerprint density at radius 2 is 1.79 bits per heavy atom. The summed E-state index contributed by atoms with van der Waals surface area (Å²) >= 11 is 0. The Bertz CT molecular complexity index is 1650. The summed E-state index contributed by atoms with van der Waals surface area (Å²) in [7, 11) is 0. The highest BCUT2D eigenvalue weighted by atomic mass is 16.1. The summed E-state index contributed by atoms with van der Waals surface area (Å²) in [5, 5.41) is 15.3. The lowest BCUT2D eigenvalue weighted by atomic mass is 9.99. The van der Waals surface area contributed by atoms with Crippen LogP contribution in [0.1, 0.15) is 22.5 Å². The number of hydrogen-bond donors (Lipinski definition) is 1. The number of aromatic amines is 1. The van der Waals surface area contributed by atoms with E-state index >= 15 is 0 Å². The Labute approximate surface area is 196 Å². The van der Waals surface area contributed by atoms with Crippen molar-refractivity contribution in [2.24, 2.45) is 0 Å². The summed E-state index contributed by atoms with van der Waals surface area (Å²) in [5.41, 5.74) is 6.10. The Hall–Kier alpha value is -4.76. The van der Waals surface area contributed by atoms with Crippen LogP contribution in [0, 0.1) is 25.2 Å². The molecule has 0 unspecified atom stereocenters. The van der Waals surface area contributed by atoms with E-state index in [-0.39, 0.29) is 17.0 Å². The second-order valence-electron chi connectivity index (χ2n) is 8.13. The van der Waals surface area contributed by atoms with E-state index in [2.05, 4.69) is 34.2 Å². The minimum absolute atomic E-state index is 0.227. The third kappa shape index (κ3) is 3.91. The molecule has 0 saturated carbocycles. The van der Waals surface area contributed by atoms with Crippen LogP contribution in [0.3, 0.4) is 0 Å². The third-order valence-electron chi connectivity index (χ3n) is 5.70. The summed E-state index contributed by atoms with van der Waals surface area (Å²) < 4.78 is 1.80. The molecular formula is C28H21N5O. The largest absolute Gasteiger partial charge is 0.305 e. The first-order valence-electron chi connectivity index (χ1n) is 10.9. The van der Waals surface area contributed by atoms with Crippen molar-refractivity contribution in [2.75, 3.05) is 0 Å². The summed E-state index contributed by atoms with van der Waals surface area (Å²) in [5.74, 6) is 0.227. The predicted molar refractivity (Wildman–Crippen MR) is 134 cm³/mol. The molecule has 6 nitrogen and oxygen atoms in total. The van der Waals surface area contributed by atoms with Crippen LogP contribution >= 0.6 is 0 Å². The van der Waals surface area contributed by atoms with Crippen molar-refractivity contribution < 1.29 is 0 Å². The van der Waals surface area contributed by atoms with Crippen molar-refractivity contribution in [3.8, 4) is 23.0 Å². The highest BCUT2D eigenvalue weighted by Gasteiger charge is 2.16. The van der Waals surface area contributed by atoms with Gasteiger partial charge in [0.1, 0.15) is 11.8 Å². The van der Waals surface area contributed by atoms with Crippen molar-refractivity contribution >= 4 is 22.6 Å². The zero-order valence-corrected chi connectivity index (χ0v) is 18.8. The van der Waals surface area contributed by atoms with Gasteiger partial charge in [0.05, 0.1) is 22.2 Å². The second kappa shape index (κ2) is 8.64. The van der Waals surface area contributed by atoms with Gasteiger partial charge in [-0.3, -0.25) is 4.79 Å². The maximum Gasteiger partial charge on any atom is 0.259 e. The Kier molecular flexibility index (Phi) is 5.36. The van der Waals surface area contributed by atoms with Gasteiger partial charge < -0.3 is 4.98 Å². The van der Waals surface area contributed by atoms with Gasteiger partial charge in [0, 0.05) is 17.3 Å². The van der Waals surface area contributed by atoms with E-state index in [9.17, 15) is 10.1 Å². The average molecular weight is 444 g/mol. The topological polar surface area (TPSA) is 87.4 Å². The number of H-pyrrole nitrogens is 1. The highest BCUT2D eigenvalue weighted by molar-refractivity contribution is 5.92. The smallest absolute Gasteiger partial charge is 0.259 e. The number of nitrogens with zero attached hydrogens (tertiary/aromatic N) is 4. The SMILES string of the molecule is Cc1ccc(C)c(-c2nn(-c3ccccc3)cc2/C=C(\C#N)c2nc3ccccc3c(=O)[nH]2)c1. The normalized spacial score (nSPS) is 11.5. The van der Waals surface area contributed by atoms with Crippen LogP contribution in [0.2, 0.25) is 0 Å². The standard InChI is InChI=1S/C28H21N5O/c1-18-12-13-19(2)24(14-18)26-21(17-33(32-26)22-8-4-3-5-9-22)15-20(16-29)27-30-25-11-7-6-10-23(25)28(34)31-27/h3-15,17H,1-2H3,(H,30,31,34)/b20-15+. The number of aryl methyl sites for hydroxylation is 2. The zero-order valence-electron chi connectivity index (χ0n) is 18.8. The molecule has 34 heavy (non-hydrogen) atoms. The Morgan fingerprint density at radius 1 is 1.03 bits per heavy atom. The van der Waals surface area contributed by atoms with Gasteiger partial charge in [-0.25, -0.2) is 9.67 Å². The lowest BCUT2D eigenvalue weighted by Crippen LogP contribution is -2.11. The molecule has 0 aliphatic carbocycles. The first kappa shape index (κ1) is 21.1. The van der Waals surface area contributed by atoms with E-state index in [4.69, 9.17) is 5.10 Å². The van der Waals surface area contributed by atoms with Crippen molar-refractivity contribution in [1.29, 1.82) is 5.26 Å². The van der Waals surface area contributed by atoms with E-state index < -0.39 is 0 Å². The van der Waals surface area contributed by atoms with E-state index in [1.807, 2.05) is 56.4 Å². The van der Waals surface area contributed by atoms with E-state index in [0.717, 1.165) is 33.6 Å². The summed E-state index contributed by atoms with van der Waals surface area (Å²) in [6.45, 7) is 4.08. The lowest BCUT2D eigenvalue weighted by Gasteiger charge is -2.06. The molecule has 0 radical (unpaired) electrons. The van der Waals surface area contributed by atoms with Gasteiger partial charge in [0.25, 0.3) is 5.56 Å². The van der Waals surface area contributed by atoms with Gasteiger partial charge in [-0.15, -0.1) is 0 Å². The van der Waals surface area contributed by atoms with Crippen molar-refractivity contribution in [3.05, 3.63) is 112 Å². The van der Waals surface area contributed by atoms with Gasteiger partial charge in [0.15, 0.2) is 5.82 Å². The summed E-state index contributed by atoms with van der Waals surface area (Å²) in [6, 6.07) is 25.3. The van der Waals surface area contributed by atoms with Crippen LogP contribution in [-0.2, 0) is 0 Å². The number of aromatic nitrogens is 4. The molecule has 6 heteroatoms. The molecule has 3 aromatic carbocycles. The minimum atomic E-state index is -0.281. The molecule has 0 spiro atoms. The number of nitrogens with one attached hydrogen (secondary N) is 1. The lowest BCUT2D eigenvalue weighted by molar-refractivity contribution is 0.884. The van der Waals surface area contributed by atoms with Crippen LogP contribution < -0.4 is 5.56 Å². The van der Waals surface area contributed by atoms with Gasteiger partial charge in [-0.05, 0) is 55.8 Å². The maximum absolute atomic E-state index is 12.6. The fourth-order valence-electron chi connectivity index (χ4n) is 3.93. The van der Waals surface area contributed by atoms with Crippen molar-refractivity contribution in [2.45, 2.75) is 13.8 Å².